The molecule has 0 aromatic heterocycles. The molecule has 12 heteroatoms. The SMILES string of the molecule is CC/C=C/C/C=C/C/C=C/C/C=C/CCCCC(=O)OC[C@H](COP(=O)(O)OC[C@H](N)C(=O)O)OC(=O)CCCCCCCCCCCCCCCCCCCCC. The zero-order valence-electron chi connectivity index (χ0n) is 36.4. The Morgan fingerprint density at radius 2 is 0.966 bits per heavy atom. The van der Waals surface area contributed by atoms with E-state index in [4.69, 9.17) is 24.8 Å². The number of rotatable bonds is 42. The highest BCUT2D eigenvalue weighted by Crippen LogP contribution is 2.43. The average Bonchev–Trinajstić information content (AvgIpc) is 3.20. The highest BCUT2D eigenvalue weighted by molar-refractivity contribution is 7.47. The van der Waals surface area contributed by atoms with Gasteiger partial charge in [-0.3, -0.25) is 23.4 Å². The van der Waals surface area contributed by atoms with E-state index in [0.717, 1.165) is 57.8 Å². The molecular weight excluding hydrogens is 757 g/mol. The number of hydrogen-bond acceptors (Lipinski definition) is 9. The van der Waals surface area contributed by atoms with Crippen LogP contribution >= 0.6 is 7.82 Å². The molecule has 0 bridgehead atoms. The van der Waals surface area contributed by atoms with Crippen molar-refractivity contribution < 1.29 is 47.5 Å². The van der Waals surface area contributed by atoms with E-state index in [1.54, 1.807) is 0 Å². The minimum absolute atomic E-state index is 0.154. The number of esters is 2. The molecule has 0 heterocycles. The molecule has 11 nitrogen and oxygen atoms in total. The van der Waals surface area contributed by atoms with Crippen LogP contribution in [-0.2, 0) is 37.5 Å². The average molecular weight is 840 g/mol. The third-order valence-electron chi connectivity index (χ3n) is 9.59. The molecule has 0 spiro atoms. The number of allylic oxidation sites excluding steroid dienone is 8. The van der Waals surface area contributed by atoms with Gasteiger partial charge in [0.05, 0.1) is 13.2 Å². The fraction of sp³-hybridized carbons (Fsp3) is 0.761. The van der Waals surface area contributed by atoms with Gasteiger partial charge in [-0.15, -0.1) is 0 Å². The summed E-state index contributed by atoms with van der Waals surface area (Å²) in [6.45, 7) is 2.66. The molecule has 1 unspecified atom stereocenters. The van der Waals surface area contributed by atoms with E-state index in [1.165, 1.54) is 96.3 Å². The van der Waals surface area contributed by atoms with Crippen LogP contribution in [0, 0.1) is 0 Å². The van der Waals surface area contributed by atoms with Gasteiger partial charge >= 0.3 is 25.7 Å². The molecular formula is C46H82NO10P. The number of ether oxygens (including phenoxy) is 2. The summed E-state index contributed by atoms with van der Waals surface area (Å²) in [5.41, 5.74) is 5.33. The minimum Gasteiger partial charge on any atom is -0.480 e. The van der Waals surface area contributed by atoms with Crippen molar-refractivity contribution in [3.05, 3.63) is 48.6 Å². The minimum atomic E-state index is -4.73. The second kappa shape index (κ2) is 41.2. The fourth-order valence-corrected chi connectivity index (χ4v) is 6.83. The lowest BCUT2D eigenvalue weighted by molar-refractivity contribution is -0.161. The van der Waals surface area contributed by atoms with Crippen molar-refractivity contribution in [1.29, 1.82) is 0 Å². The van der Waals surface area contributed by atoms with E-state index in [9.17, 15) is 23.8 Å². The van der Waals surface area contributed by atoms with Gasteiger partial charge in [0.2, 0.25) is 0 Å². The first-order valence-electron chi connectivity index (χ1n) is 22.7. The first-order chi connectivity index (χ1) is 28.1. The van der Waals surface area contributed by atoms with E-state index >= 15 is 0 Å². The molecule has 0 aliphatic rings. The smallest absolute Gasteiger partial charge is 0.472 e. The third-order valence-corrected chi connectivity index (χ3v) is 10.5. The lowest BCUT2D eigenvalue weighted by Gasteiger charge is -2.20. The van der Waals surface area contributed by atoms with Crippen LogP contribution in [-0.4, -0.2) is 59.9 Å². The maximum atomic E-state index is 12.6. The van der Waals surface area contributed by atoms with Crippen molar-refractivity contribution in [3.63, 3.8) is 0 Å². The van der Waals surface area contributed by atoms with Crippen LogP contribution < -0.4 is 5.73 Å². The summed E-state index contributed by atoms with van der Waals surface area (Å²) >= 11 is 0. The molecule has 58 heavy (non-hydrogen) atoms. The number of phosphoric ester groups is 1. The van der Waals surface area contributed by atoms with Crippen LogP contribution in [0.25, 0.3) is 0 Å². The zero-order chi connectivity index (χ0) is 42.8. The highest BCUT2D eigenvalue weighted by Gasteiger charge is 2.28. The Morgan fingerprint density at radius 3 is 1.45 bits per heavy atom. The van der Waals surface area contributed by atoms with Gasteiger partial charge in [0.25, 0.3) is 0 Å². The number of hydrogen-bond donors (Lipinski definition) is 3. The van der Waals surface area contributed by atoms with Gasteiger partial charge in [-0.2, -0.15) is 0 Å². The second-order valence-electron chi connectivity index (χ2n) is 15.2. The van der Waals surface area contributed by atoms with Crippen molar-refractivity contribution in [2.45, 2.75) is 206 Å². The number of carbonyl (C=O) groups excluding carboxylic acids is 2. The van der Waals surface area contributed by atoms with Crippen LogP contribution in [0.4, 0.5) is 0 Å². The molecule has 0 saturated carbocycles. The lowest BCUT2D eigenvalue weighted by Crippen LogP contribution is -2.34. The maximum Gasteiger partial charge on any atom is 0.472 e. The monoisotopic (exact) mass is 840 g/mol. The normalized spacial score (nSPS) is 14.1. The zero-order valence-corrected chi connectivity index (χ0v) is 37.3. The van der Waals surface area contributed by atoms with Crippen LogP contribution in [0.1, 0.15) is 194 Å². The molecule has 0 rings (SSSR count). The van der Waals surface area contributed by atoms with E-state index in [0.29, 0.717) is 12.8 Å². The Hall–Kier alpha value is -2.56. The van der Waals surface area contributed by atoms with Crippen LogP contribution in [0.5, 0.6) is 0 Å². The van der Waals surface area contributed by atoms with Crippen molar-refractivity contribution >= 4 is 25.7 Å². The summed E-state index contributed by atoms with van der Waals surface area (Å²) in [4.78, 5) is 46.0. The Morgan fingerprint density at radius 1 is 0.552 bits per heavy atom. The van der Waals surface area contributed by atoms with Gasteiger partial charge in [0.15, 0.2) is 6.10 Å². The Labute approximate surface area is 352 Å². The van der Waals surface area contributed by atoms with E-state index < -0.39 is 51.1 Å². The summed E-state index contributed by atoms with van der Waals surface area (Å²) in [5, 5.41) is 8.89. The molecule has 0 amide bonds. The summed E-state index contributed by atoms with van der Waals surface area (Å²) in [6, 6.07) is -1.53. The second-order valence-corrected chi connectivity index (χ2v) is 16.6. The topological polar surface area (TPSA) is 172 Å². The Kier molecular flexibility index (Phi) is 39.4. The predicted octanol–water partition coefficient (Wildman–Crippen LogP) is 12.2. The predicted molar refractivity (Wildman–Crippen MR) is 235 cm³/mol. The first-order valence-corrected chi connectivity index (χ1v) is 24.2. The van der Waals surface area contributed by atoms with Crippen LogP contribution in [0.15, 0.2) is 48.6 Å². The molecule has 4 N–H and O–H groups in total. The summed E-state index contributed by atoms with van der Waals surface area (Å²) in [7, 11) is -4.73. The van der Waals surface area contributed by atoms with E-state index in [2.05, 4.69) is 67.0 Å². The number of unbranched alkanes of at least 4 members (excludes halogenated alkanes) is 20. The van der Waals surface area contributed by atoms with Crippen molar-refractivity contribution in [1.82, 2.24) is 0 Å². The van der Waals surface area contributed by atoms with Gasteiger partial charge in [-0.1, -0.05) is 178 Å². The molecule has 3 atom stereocenters. The summed E-state index contributed by atoms with van der Waals surface area (Å²) < 4.78 is 32.7. The molecule has 0 fully saturated rings. The molecule has 336 valence electrons. The lowest BCUT2D eigenvalue weighted by atomic mass is 10.0. The van der Waals surface area contributed by atoms with E-state index in [-0.39, 0.29) is 19.4 Å². The fourth-order valence-electron chi connectivity index (χ4n) is 6.06. The number of carbonyl (C=O) groups is 3. The van der Waals surface area contributed by atoms with Crippen molar-refractivity contribution in [2.75, 3.05) is 19.8 Å². The number of aliphatic carboxylic acids is 1. The standard InChI is InChI=1S/C46H82NO10P/c1-3-5-7-9-11-13-15-17-19-20-21-22-24-26-28-30-32-34-36-38-45(49)57-42(40-55-58(52,53)56-41-43(47)46(50)51)39-54-44(48)37-35-33-31-29-27-25-23-18-16-14-12-10-8-6-4-2/h6,8,12,14,18,23,27,29,42-43H,3-5,7,9-11,13,15-17,19-22,24-26,28,30-41,47H2,1-2H3,(H,50,51)(H,52,53)/b8-6+,14-12+,23-18+,29-27+/t42-,43+/m1/s1. The van der Waals surface area contributed by atoms with Gasteiger partial charge in [0.1, 0.15) is 12.6 Å². The molecule has 0 radical (unpaired) electrons. The highest BCUT2D eigenvalue weighted by atomic mass is 31.2. The first kappa shape index (κ1) is 55.4. The van der Waals surface area contributed by atoms with Crippen molar-refractivity contribution in [3.8, 4) is 0 Å². The molecule has 0 saturated heterocycles. The Balaban J connectivity index is 4.36. The molecule has 0 aromatic rings. The number of carboxylic acid groups (broad SMARTS) is 1. The van der Waals surface area contributed by atoms with Gasteiger partial charge in [-0.05, 0) is 51.4 Å². The van der Waals surface area contributed by atoms with E-state index in [1.807, 2.05) is 0 Å². The maximum absolute atomic E-state index is 12.6. The Bertz CT molecular complexity index is 1170. The van der Waals surface area contributed by atoms with Crippen LogP contribution in [0.2, 0.25) is 0 Å². The van der Waals surface area contributed by atoms with Crippen molar-refractivity contribution in [2.24, 2.45) is 5.73 Å². The largest absolute Gasteiger partial charge is 0.480 e. The number of phosphoric acid groups is 1. The number of carboxylic acids is 1. The molecule has 0 aliphatic heterocycles. The summed E-state index contributed by atoms with van der Waals surface area (Å²) in [5.74, 6) is -2.43. The quantitative estimate of drug-likeness (QED) is 0.0231. The molecule has 0 aromatic carbocycles. The van der Waals surface area contributed by atoms with Gasteiger partial charge in [0, 0.05) is 12.8 Å². The number of nitrogens with two attached hydrogens (primary N) is 1. The summed E-state index contributed by atoms with van der Waals surface area (Å²) in [6.07, 6.45) is 46.1. The van der Waals surface area contributed by atoms with Crippen LogP contribution in [0.3, 0.4) is 0 Å². The molecule has 0 aliphatic carbocycles. The third kappa shape index (κ3) is 40.2. The van der Waals surface area contributed by atoms with Gasteiger partial charge < -0.3 is 25.2 Å². The van der Waals surface area contributed by atoms with Gasteiger partial charge in [-0.25, -0.2) is 4.57 Å².